The second-order valence-corrected chi connectivity index (χ2v) is 6.23. The molecule has 0 radical (unpaired) electrons. The summed E-state index contributed by atoms with van der Waals surface area (Å²) in [6.07, 6.45) is 1.01. The van der Waals surface area contributed by atoms with E-state index in [1.54, 1.807) is 11.3 Å². The summed E-state index contributed by atoms with van der Waals surface area (Å²) in [5, 5.41) is 3.19. The fourth-order valence-electron chi connectivity index (χ4n) is 2.31. The van der Waals surface area contributed by atoms with E-state index in [9.17, 15) is 0 Å². The lowest BCUT2D eigenvalue weighted by atomic mass is 9.98. The van der Waals surface area contributed by atoms with Crippen LogP contribution < -0.4 is 10.6 Å². The summed E-state index contributed by atoms with van der Waals surface area (Å²) >= 11 is 5.31. The van der Waals surface area contributed by atoms with Gasteiger partial charge in [0.25, 0.3) is 0 Å². The van der Waals surface area contributed by atoms with Crippen LogP contribution in [0.4, 0.5) is 10.8 Å². The summed E-state index contributed by atoms with van der Waals surface area (Å²) in [6.45, 7) is 3.89. The van der Waals surface area contributed by atoms with Crippen LogP contribution in [0.25, 0.3) is 0 Å². The quantitative estimate of drug-likeness (QED) is 0.818. The van der Waals surface area contributed by atoms with Crippen LogP contribution in [0.1, 0.15) is 16.8 Å². The number of hydrogen-bond donors (Lipinski definition) is 1. The molecule has 0 spiro atoms. The minimum atomic E-state index is 0.855. The Morgan fingerprint density at radius 1 is 1.39 bits per heavy atom. The minimum absolute atomic E-state index is 0.855. The van der Waals surface area contributed by atoms with Crippen LogP contribution in [0.5, 0.6) is 0 Å². The Bertz CT molecular complexity index is 594. The maximum absolute atomic E-state index is 6.09. The number of aryl methyl sites for hydroxylation is 1. The first-order valence-corrected chi connectivity index (χ1v) is 7.55. The highest BCUT2D eigenvalue weighted by Crippen LogP contribution is 2.33. The number of benzene rings is 1. The van der Waals surface area contributed by atoms with E-state index >= 15 is 0 Å². The van der Waals surface area contributed by atoms with Crippen molar-refractivity contribution in [2.75, 3.05) is 17.2 Å². The van der Waals surface area contributed by atoms with E-state index in [1.807, 2.05) is 19.1 Å². The van der Waals surface area contributed by atoms with Crippen molar-refractivity contribution in [3.8, 4) is 0 Å². The van der Waals surface area contributed by atoms with Crippen LogP contribution >= 0.6 is 27.3 Å². The van der Waals surface area contributed by atoms with Crippen molar-refractivity contribution in [1.82, 2.24) is 4.98 Å². The average Bonchev–Trinajstić information content (AvgIpc) is 2.80. The average molecular weight is 324 g/mol. The first-order chi connectivity index (χ1) is 8.65. The van der Waals surface area contributed by atoms with Crippen molar-refractivity contribution < 1.29 is 0 Å². The van der Waals surface area contributed by atoms with Crippen molar-refractivity contribution in [2.24, 2.45) is 0 Å². The van der Waals surface area contributed by atoms with Gasteiger partial charge in [0.2, 0.25) is 0 Å². The maximum Gasteiger partial charge on any atom is 0.185 e. The van der Waals surface area contributed by atoms with Crippen LogP contribution in [0, 0.1) is 6.92 Å². The maximum atomic E-state index is 6.09. The van der Waals surface area contributed by atoms with Gasteiger partial charge in [-0.15, -0.1) is 11.3 Å². The summed E-state index contributed by atoms with van der Waals surface area (Å²) in [5.41, 5.74) is 10.6. The Morgan fingerprint density at radius 2 is 2.22 bits per heavy atom. The molecular formula is C13H14BrN3S. The van der Waals surface area contributed by atoms with E-state index in [0.29, 0.717) is 0 Å². The van der Waals surface area contributed by atoms with Gasteiger partial charge < -0.3 is 10.6 Å². The molecule has 94 valence electrons. The topological polar surface area (TPSA) is 42.1 Å². The number of nitrogen functional groups attached to an aromatic ring is 1. The second kappa shape index (κ2) is 4.55. The largest absolute Gasteiger partial charge is 0.398 e. The minimum Gasteiger partial charge on any atom is -0.398 e. The number of thiazole rings is 1. The Balaban J connectivity index is 1.96. The van der Waals surface area contributed by atoms with Gasteiger partial charge in [-0.3, -0.25) is 0 Å². The number of halogens is 1. The van der Waals surface area contributed by atoms with Gasteiger partial charge in [-0.1, -0.05) is 15.9 Å². The van der Waals surface area contributed by atoms with E-state index in [0.717, 1.165) is 36.0 Å². The van der Waals surface area contributed by atoms with E-state index in [1.165, 1.54) is 15.6 Å². The monoisotopic (exact) mass is 323 g/mol. The molecule has 0 unspecified atom stereocenters. The van der Waals surface area contributed by atoms with Crippen molar-refractivity contribution >= 4 is 38.1 Å². The van der Waals surface area contributed by atoms with E-state index < -0.39 is 0 Å². The normalized spacial score (nSPS) is 14.7. The lowest BCUT2D eigenvalue weighted by Gasteiger charge is -2.30. The van der Waals surface area contributed by atoms with Crippen LogP contribution in [-0.4, -0.2) is 11.5 Å². The van der Waals surface area contributed by atoms with Gasteiger partial charge in [-0.05, 0) is 36.6 Å². The fraction of sp³-hybridized carbons (Fsp3) is 0.308. The zero-order valence-corrected chi connectivity index (χ0v) is 12.5. The van der Waals surface area contributed by atoms with Gasteiger partial charge >= 0.3 is 0 Å². The van der Waals surface area contributed by atoms with Crippen LogP contribution in [0.3, 0.4) is 0 Å². The molecule has 0 fully saturated rings. The fourth-order valence-corrected chi connectivity index (χ4v) is 3.71. The standard InChI is InChI=1S/C13H14BrN3S/c1-8-7-18-13(16-8)17-5-4-9-10(6-17)12(15)3-2-11(9)14/h2-3,7H,4-6,15H2,1H3. The van der Waals surface area contributed by atoms with E-state index in [2.05, 4.69) is 31.2 Å². The van der Waals surface area contributed by atoms with Crippen molar-refractivity contribution in [1.29, 1.82) is 0 Å². The third kappa shape index (κ3) is 2.01. The third-order valence-corrected chi connectivity index (χ3v) is 5.03. The van der Waals surface area contributed by atoms with Gasteiger partial charge in [-0.25, -0.2) is 4.98 Å². The zero-order chi connectivity index (χ0) is 12.7. The lowest BCUT2D eigenvalue weighted by molar-refractivity contribution is 0.727. The number of aromatic nitrogens is 1. The lowest BCUT2D eigenvalue weighted by Crippen LogP contribution is -2.31. The second-order valence-electron chi connectivity index (χ2n) is 4.54. The molecule has 0 amide bonds. The summed E-state index contributed by atoms with van der Waals surface area (Å²) in [6, 6.07) is 4.01. The molecular weight excluding hydrogens is 310 g/mol. The number of rotatable bonds is 1. The highest BCUT2D eigenvalue weighted by Gasteiger charge is 2.22. The number of anilines is 2. The summed E-state index contributed by atoms with van der Waals surface area (Å²) in [5.74, 6) is 0. The molecule has 2 heterocycles. The molecule has 2 aromatic rings. The zero-order valence-electron chi connectivity index (χ0n) is 10.1. The number of nitrogens with two attached hydrogens (primary N) is 1. The molecule has 18 heavy (non-hydrogen) atoms. The molecule has 2 N–H and O–H groups in total. The van der Waals surface area contributed by atoms with Crippen LogP contribution in [0.15, 0.2) is 22.0 Å². The van der Waals surface area contributed by atoms with Gasteiger partial charge in [-0.2, -0.15) is 0 Å². The Hall–Kier alpha value is -1.07. The highest BCUT2D eigenvalue weighted by molar-refractivity contribution is 9.10. The van der Waals surface area contributed by atoms with Gasteiger partial charge in [0.15, 0.2) is 5.13 Å². The predicted octanol–water partition coefficient (Wildman–Crippen LogP) is 3.36. The SMILES string of the molecule is Cc1csc(N2CCc3c(Br)ccc(N)c3C2)n1. The summed E-state index contributed by atoms with van der Waals surface area (Å²) in [4.78, 5) is 6.86. The predicted molar refractivity (Wildman–Crippen MR) is 80.2 cm³/mol. The van der Waals surface area contributed by atoms with Crippen molar-refractivity contribution in [3.05, 3.63) is 38.8 Å². The molecule has 3 nitrogen and oxygen atoms in total. The first kappa shape index (κ1) is 12.0. The first-order valence-electron chi connectivity index (χ1n) is 5.88. The van der Waals surface area contributed by atoms with Gasteiger partial charge in [0.05, 0.1) is 5.69 Å². The molecule has 5 heteroatoms. The van der Waals surface area contributed by atoms with E-state index in [4.69, 9.17) is 5.73 Å². The van der Waals surface area contributed by atoms with E-state index in [-0.39, 0.29) is 0 Å². The number of fused-ring (bicyclic) bond motifs is 1. The molecule has 1 aliphatic heterocycles. The molecule has 0 bridgehead atoms. The summed E-state index contributed by atoms with van der Waals surface area (Å²) in [7, 11) is 0. The third-order valence-electron chi connectivity index (χ3n) is 3.27. The smallest absolute Gasteiger partial charge is 0.185 e. The Kier molecular flexibility index (Phi) is 3.03. The summed E-state index contributed by atoms with van der Waals surface area (Å²) < 4.78 is 1.17. The van der Waals surface area contributed by atoms with Crippen molar-refractivity contribution in [3.63, 3.8) is 0 Å². The van der Waals surface area contributed by atoms with Crippen LogP contribution in [0.2, 0.25) is 0 Å². The molecule has 0 aliphatic carbocycles. The molecule has 1 aliphatic rings. The molecule has 0 saturated heterocycles. The molecule has 0 atom stereocenters. The number of hydrogen-bond acceptors (Lipinski definition) is 4. The van der Waals surface area contributed by atoms with Crippen molar-refractivity contribution in [2.45, 2.75) is 19.9 Å². The highest BCUT2D eigenvalue weighted by atomic mass is 79.9. The Labute approximate surface area is 119 Å². The molecule has 0 saturated carbocycles. The number of nitrogens with zero attached hydrogens (tertiary/aromatic N) is 2. The molecule has 3 rings (SSSR count). The van der Waals surface area contributed by atoms with Crippen LogP contribution in [-0.2, 0) is 13.0 Å². The van der Waals surface area contributed by atoms with Gasteiger partial charge in [0.1, 0.15) is 0 Å². The molecule has 1 aromatic heterocycles. The van der Waals surface area contributed by atoms with Gasteiger partial charge in [0, 0.05) is 28.6 Å². The molecule has 1 aromatic carbocycles. The Morgan fingerprint density at radius 3 is 2.94 bits per heavy atom.